The average molecular weight is 315 g/mol. The molecule has 0 aliphatic rings. The number of aliphatic hydroxyl groups is 1. The van der Waals surface area contributed by atoms with Gasteiger partial charge in [0.25, 0.3) is 5.56 Å². The molecule has 0 unspecified atom stereocenters. The fourth-order valence-electron chi connectivity index (χ4n) is 2.13. The summed E-state index contributed by atoms with van der Waals surface area (Å²) in [5.41, 5.74) is 0.0923. The lowest BCUT2D eigenvalue weighted by Gasteiger charge is -2.14. The average Bonchev–Trinajstić information content (AvgIpc) is 2.57. The zero-order valence-electron chi connectivity index (χ0n) is 12.1. The molecule has 3 aromatic rings. The Morgan fingerprint density at radius 2 is 2.00 bits per heavy atom. The number of hydrogen-bond acceptors (Lipinski definition) is 5. The summed E-state index contributed by atoms with van der Waals surface area (Å²) in [7, 11) is 0. The van der Waals surface area contributed by atoms with Crippen LogP contribution in [0, 0.1) is 5.82 Å². The number of aromatic nitrogens is 3. The van der Waals surface area contributed by atoms with Gasteiger partial charge in [-0.05, 0) is 36.4 Å². The summed E-state index contributed by atoms with van der Waals surface area (Å²) in [4.78, 5) is 20.3. The third kappa shape index (κ3) is 3.51. The Hall–Kier alpha value is -2.80. The maximum absolute atomic E-state index is 12.8. The van der Waals surface area contributed by atoms with E-state index in [-0.39, 0.29) is 24.5 Å². The summed E-state index contributed by atoms with van der Waals surface area (Å²) in [5.74, 6) is 0.0823. The molecule has 0 fully saturated rings. The number of nitrogens with zero attached hydrogens (tertiary/aromatic N) is 3. The maximum atomic E-state index is 12.8. The second kappa shape index (κ2) is 6.53. The van der Waals surface area contributed by atoms with Crippen molar-refractivity contribution >= 4 is 11.0 Å². The molecule has 1 atom stereocenters. The lowest BCUT2D eigenvalue weighted by Crippen LogP contribution is -2.30. The number of pyridine rings is 1. The van der Waals surface area contributed by atoms with Gasteiger partial charge in [0.2, 0.25) is 0 Å². The van der Waals surface area contributed by atoms with E-state index < -0.39 is 6.10 Å². The zero-order valence-corrected chi connectivity index (χ0v) is 12.1. The number of aliphatic hydroxyl groups excluding tert-OH is 1. The topological polar surface area (TPSA) is 77.2 Å². The number of fused-ring (bicyclic) bond motifs is 1. The van der Waals surface area contributed by atoms with E-state index in [1.54, 1.807) is 18.3 Å². The predicted molar refractivity (Wildman–Crippen MR) is 81.7 cm³/mol. The lowest BCUT2D eigenvalue weighted by molar-refractivity contribution is 0.0914. The number of rotatable bonds is 5. The lowest BCUT2D eigenvalue weighted by atomic mass is 10.3. The summed E-state index contributed by atoms with van der Waals surface area (Å²) < 4.78 is 19.5. The van der Waals surface area contributed by atoms with Crippen LogP contribution in [0.4, 0.5) is 4.39 Å². The van der Waals surface area contributed by atoms with Crippen molar-refractivity contribution in [3.8, 4) is 5.75 Å². The fourth-order valence-corrected chi connectivity index (χ4v) is 2.13. The van der Waals surface area contributed by atoms with E-state index in [2.05, 4.69) is 9.97 Å². The summed E-state index contributed by atoms with van der Waals surface area (Å²) in [6, 6.07) is 8.77. The molecule has 0 spiro atoms. The van der Waals surface area contributed by atoms with Crippen molar-refractivity contribution in [2.75, 3.05) is 6.61 Å². The van der Waals surface area contributed by atoms with Gasteiger partial charge in [-0.2, -0.15) is 0 Å². The van der Waals surface area contributed by atoms with Gasteiger partial charge in [0.1, 0.15) is 30.6 Å². The van der Waals surface area contributed by atoms with Crippen LogP contribution in [-0.4, -0.2) is 32.4 Å². The Balaban J connectivity index is 1.68. The van der Waals surface area contributed by atoms with Crippen LogP contribution in [-0.2, 0) is 6.54 Å². The fraction of sp³-hybridized carbons (Fsp3) is 0.188. The van der Waals surface area contributed by atoms with Crippen molar-refractivity contribution in [2.24, 2.45) is 0 Å². The highest BCUT2D eigenvalue weighted by atomic mass is 19.1. The van der Waals surface area contributed by atoms with Crippen molar-refractivity contribution in [1.29, 1.82) is 0 Å². The minimum atomic E-state index is -0.909. The normalized spacial score (nSPS) is 12.3. The molecule has 118 valence electrons. The van der Waals surface area contributed by atoms with Crippen LogP contribution in [0.25, 0.3) is 11.0 Å². The van der Waals surface area contributed by atoms with Gasteiger partial charge in [0.05, 0.1) is 11.9 Å². The summed E-state index contributed by atoms with van der Waals surface area (Å²) in [6.45, 7) is 0.0149. The van der Waals surface area contributed by atoms with Crippen LogP contribution in [0.1, 0.15) is 0 Å². The second-order valence-electron chi connectivity index (χ2n) is 5.00. The molecule has 7 heteroatoms. The van der Waals surface area contributed by atoms with Gasteiger partial charge in [-0.15, -0.1) is 0 Å². The summed E-state index contributed by atoms with van der Waals surface area (Å²) >= 11 is 0. The van der Waals surface area contributed by atoms with Gasteiger partial charge < -0.3 is 9.84 Å². The van der Waals surface area contributed by atoms with Gasteiger partial charge in [0.15, 0.2) is 5.65 Å². The molecule has 0 amide bonds. The van der Waals surface area contributed by atoms with Crippen molar-refractivity contribution in [1.82, 2.24) is 14.5 Å². The monoisotopic (exact) mass is 315 g/mol. The van der Waals surface area contributed by atoms with Crippen LogP contribution in [0.3, 0.4) is 0 Å². The van der Waals surface area contributed by atoms with E-state index in [1.165, 1.54) is 35.2 Å². The summed E-state index contributed by atoms with van der Waals surface area (Å²) in [6.07, 6.45) is 2.00. The third-order valence-corrected chi connectivity index (χ3v) is 3.26. The third-order valence-electron chi connectivity index (χ3n) is 3.26. The Bertz CT molecular complexity index is 864. The molecule has 0 saturated carbocycles. The van der Waals surface area contributed by atoms with E-state index in [0.29, 0.717) is 16.8 Å². The Kier molecular flexibility index (Phi) is 4.29. The highest BCUT2D eigenvalue weighted by Gasteiger charge is 2.10. The molecule has 6 nitrogen and oxygen atoms in total. The van der Waals surface area contributed by atoms with Crippen molar-refractivity contribution in [2.45, 2.75) is 12.6 Å². The van der Waals surface area contributed by atoms with Crippen LogP contribution >= 0.6 is 0 Å². The van der Waals surface area contributed by atoms with Crippen molar-refractivity contribution < 1.29 is 14.2 Å². The number of halogens is 1. The Morgan fingerprint density at radius 3 is 2.78 bits per heavy atom. The standard InChI is InChI=1S/C16H14FN3O3/c17-11-3-5-13(6-4-11)23-9-12(21)8-20-10-19-15-14(16(20)22)2-1-7-18-15/h1-7,10,12,21H,8-9H2/t12-/m0/s1. The molecule has 0 aliphatic heterocycles. The second-order valence-corrected chi connectivity index (χ2v) is 5.00. The van der Waals surface area contributed by atoms with E-state index in [0.717, 1.165) is 0 Å². The largest absolute Gasteiger partial charge is 0.491 e. The summed E-state index contributed by atoms with van der Waals surface area (Å²) in [5, 5.41) is 10.4. The quantitative estimate of drug-likeness (QED) is 0.769. The molecule has 1 N–H and O–H groups in total. The Morgan fingerprint density at radius 1 is 1.22 bits per heavy atom. The smallest absolute Gasteiger partial charge is 0.262 e. The molecular weight excluding hydrogens is 301 g/mol. The maximum Gasteiger partial charge on any atom is 0.262 e. The first kappa shape index (κ1) is 15.1. The minimum Gasteiger partial charge on any atom is -0.491 e. The van der Waals surface area contributed by atoms with E-state index >= 15 is 0 Å². The van der Waals surface area contributed by atoms with Gasteiger partial charge >= 0.3 is 0 Å². The minimum absolute atomic E-state index is 0.0247. The van der Waals surface area contributed by atoms with Crippen LogP contribution in [0.2, 0.25) is 0 Å². The first-order valence-electron chi connectivity index (χ1n) is 7.00. The number of hydrogen-bond donors (Lipinski definition) is 1. The van der Waals surface area contributed by atoms with E-state index in [9.17, 15) is 14.3 Å². The molecule has 23 heavy (non-hydrogen) atoms. The molecule has 3 rings (SSSR count). The zero-order chi connectivity index (χ0) is 16.2. The molecule has 2 heterocycles. The van der Waals surface area contributed by atoms with Gasteiger partial charge in [0, 0.05) is 6.20 Å². The van der Waals surface area contributed by atoms with Crippen LogP contribution in [0.15, 0.2) is 53.7 Å². The van der Waals surface area contributed by atoms with Gasteiger partial charge in [-0.1, -0.05) is 0 Å². The molecule has 0 radical (unpaired) electrons. The molecule has 0 aliphatic carbocycles. The van der Waals surface area contributed by atoms with Crippen molar-refractivity contribution in [3.63, 3.8) is 0 Å². The van der Waals surface area contributed by atoms with E-state index in [1.807, 2.05) is 0 Å². The van der Waals surface area contributed by atoms with Crippen LogP contribution in [0.5, 0.6) is 5.75 Å². The van der Waals surface area contributed by atoms with E-state index in [4.69, 9.17) is 4.74 Å². The molecule has 0 saturated heterocycles. The highest BCUT2D eigenvalue weighted by molar-refractivity contribution is 5.72. The first-order chi connectivity index (χ1) is 11.1. The van der Waals surface area contributed by atoms with Gasteiger partial charge in [-0.25, -0.2) is 14.4 Å². The molecule has 2 aromatic heterocycles. The highest BCUT2D eigenvalue weighted by Crippen LogP contribution is 2.11. The van der Waals surface area contributed by atoms with Gasteiger partial charge in [-0.3, -0.25) is 9.36 Å². The molecular formula is C16H14FN3O3. The van der Waals surface area contributed by atoms with Crippen molar-refractivity contribution in [3.05, 3.63) is 65.1 Å². The first-order valence-corrected chi connectivity index (χ1v) is 7.00. The van der Waals surface area contributed by atoms with Crippen LogP contribution < -0.4 is 10.3 Å². The Labute approximate surface area is 130 Å². The number of benzene rings is 1. The number of ether oxygens (including phenoxy) is 1. The molecule has 0 bridgehead atoms. The predicted octanol–water partition coefficient (Wildman–Crippen LogP) is 1.37. The SMILES string of the molecule is O=c1c2cccnc2ncn1C[C@H](O)COc1ccc(F)cc1. The molecule has 1 aromatic carbocycles.